The Morgan fingerprint density at radius 1 is 1.35 bits per heavy atom. The largest absolute Gasteiger partial charge is 0.449 e. The van der Waals surface area contributed by atoms with Crippen LogP contribution >= 0.6 is 0 Å². The van der Waals surface area contributed by atoms with E-state index in [0.717, 1.165) is 12.8 Å². The van der Waals surface area contributed by atoms with E-state index in [2.05, 4.69) is 5.32 Å². The molecule has 2 fully saturated rings. The second-order valence-corrected chi connectivity index (χ2v) is 6.39. The second-order valence-electron chi connectivity index (χ2n) is 6.39. The summed E-state index contributed by atoms with van der Waals surface area (Å²) >= 11 is 0. The predicted molar refractivity (Wildman–Crippen MR) is 92.2 cm³/mol. The molecule has 0 spiro atoms. The number of nitrogens with zero attached hydrogens (tertiary/aromatic N) is 2. The summed E-state index contributed by atoms with van der Waals surface area (Å²) in [5.41, 5.74) is 0.311. The van der Waals surface area contributed by atoms with Crippen molar-refractivity contribution in [3.8, 4) is 0 Å². The Hall–Kier alpha value is -2.68. The van der Waals surface area contributed by atoms with Gasteiger partial charge in [-0.3, -0.25) is 14.9 Å². The summed E-state index contributed by atoms with van der Waals surface area (Å²) in [7, 11) is 0. The van der Waals surface area contributed by atoms with Crippen molar-refractivity contribution in [3.63, 3.8) is 0 Å². The summed E-state index contributed by atoms with van der Waals surface area (Å²) < 4.78 is 10.4. The Labute approximate surface area is 150 Å². The maximum Gasteiger partial charge on any atom is 0.339 e. The summed E-state index contributed by atoms with van der Waals surface area (Å²) in [4.78, 5) is 36.9. The maximum absolute atomic E-state index is 12.3. The first kappa shape index (κ1) is 18.1. The molecule has 1 aromatic rings. The molecule has 2 aliphatic rings. The number of hydrogen-bond donors (Lipinski definition) is 1. The molecule has 0 unspecified atom stereocenters. The van der Waals surface area contributed by atoms with E-state index in [4.69, 9.17) is 9.47 Å². The first-order valence-corrected chi connectivity index (χ1v) is 8.58. The van der Waals surface area contributed by atoms with Gasteiger partial charge in [-0.15, -0.1) is 0 Å². The summed E-state index contributed by atoms with van der Waals surface area (Å²) in [5, 5.41) is 14.2. The molecule has 1 aliphatic heterocycles. The van der Waals surface area contributed by atoms with Crippen molar-refractivity contribution in [3.05, 3.63) is 33.9 Å². The zero-order valence-electron chi connectivity index (χ0n) is 14.5. The number of nitrogens with one attached hydrogen (secondary N) is 1. The van der Waals surface area contributed by atoms with Gasteiger partial charge in [0, 0.05) is 25.2 Å². The fourth-order valence-electron chi connectivity index (χ4n) is 2.70. The molecule has 1 N–H and O–H groups in total. The fraction of sp³-hybridized carbons (Fsp3) is 0.529. The van der Waals surface area contributed by atoms with Crippen LogP contribution in [0.1, 0.15) is 30.1 Å². The molecule has 1 saturated heterocycles. The van der Waals surface area contributed by atoms with Gasteiger partial charge >= 0.3 is 5.97 Å². The van der Waals surface area contributed by atoms with E-state index in [1.54, 1.807) is 0 Å². The monoisotopic (exact) mass is 363 g/mol. The fourth-order valence-corrected chi connectivity index (χ4v) is 2.70. The summed E-state index contributed by atoms with van der Waals surface area (Å²) in [6.45, 7) is 3.56. The number of benzene rings is 1. The topological polar surface area (TPSA) is 111 Å². The van der Waals surface area contributed by atoms with Crippen LogP contribution in [0.4, 0.5) is 11.4 Å². The van der Waals surface area contributed by atoms with Gasteiger partial charge in [0.25, 0.3) is 11.6 Å². The number of nitro groups is 1. The average molecular weight is 363 g/mol. The van der Waals surface area contributed by atoms with Crippen molar-refractivity contribution in [2.24, 2.45) is 0 Å². The molecule has 1 aromatic carbocycles. The molecule has 1 aliphatic carbocycles. The minimum atomic E-state index is -0.957. The minimum Gasteiger partial charge on any atom is -0.449 e. The van der Waals surface area contributed by atoms with Crippen molar-refractivity contribution in [2.75, 3.05) is 31.2 Å². The summed E-state index contributed by atoms with van der Waals surface area (Å²) in [5.74, 6) is -1.12. The quantitative estimate of drug-likeness (QED) is 0.460. The van der Waals surface area contributed by atoms with Crippen molar-refractivity contribution in [1.29, 1.82) is 0 Å². The van der Waals surface area contributed by atoms with Gasteiger partial charge in [0.15, 0.2) is 6.10 Å². The SMILES string of the molecule is C[C@@H](OC(=O)c1ccc(N2CCOCC2)c([N+](=O)[O-])c1)C(=O)NC1CC1. The molecule has 0 aromatic heterocycles. The molecular weight excluding hydrogens is 342 g/mol. The van der Waals surface area contributed by atoms with Crippen molar-refractivity contribution >= 4 is 23.3 Å². The third kappa shape index (κ3) is 4.29. The molecule has 1 amide bonds. The molecule has 0 radical (unpaired) electrons. The van der Waals surface area contributed by atoms with Crippen LogP contribution in [0, 0.1) is 10.1 Å². The number of carbonyl (C=O) groups excluding carboxylic acids is 2. The van der Waals surface area contributed by atoms with E-state index < -0.39 is 17.0 Å². The van der Waals surface area contributed by atoms with Crippen LogP contribution in [0.2, 0.25) is 0 Å². The number of hydrogen-bond acceptors (Lipinski definition) is 7. The lowest BCUT2D eigenvalue weighted by atomic mass is 10.1. The molecule has 3 rings (SSSR count). The lowest BCUT2D eigenvalue weighted by molar-refractivity contribution is -0.384. The molecule has 0 bridgehead atoms. The Bertz CT molecular complexity index is 712. The lowest BCUT2D eigenvalue weighted by Crippen LogP contribution is -2.37. The number of anilines is 1. The van der Waals surface area contributed by atoms with Crippen LogP contribution in [0.25, 0.3) is 0 Å². The molecule has 9 nitrogen and oxygen atoms in total. The molecule has 9 heteroatoms. The van der Waals surface area contributed by atoms with Gasteiger partial charge in [-0.05, 0) is 31.9 Å². The summed E-state index contributed by atoms with van der Waals surface area (Å²) in [6, 6.07) is 4.37. The minimum absolute atomic E-state index is 0.0415. The molecule has 1 saturated carbocycles. The highest BCUT2D eigenvalue weighted by atomic mass is 16.6. The lowest BCUT2D eigenvalue weighted by Gasteiger charge is -2.28. The molecule has 26 heavy (non-hydrogen) atoms. The number of amides is 1. The third-order valence-electron chi connectivity index (χ3n) is 4.34. The van der Waals surface area contributed by atoms with E-state index in [-0.39, 0.29) is 23.2 Å². The van der Waals surface area contributed by atoms with Gasteiger partial charge < -0.3 is 19.7 Å². The van der Waals surface area contributed by atoms with Crippen LogP contribution in [-0.4, -0.2) is 55.2 Å². The number of ether oxygens (including phenoxy) is 2. The van der Waals surface area contributed by atoms with Crippen molar-refractivity contribution in [2.45, 2.75) is 31.9 Å². The van der Waals surface area contributed by atoms with Gasteiger partial charge in [-0.25, -0.2) is 4.79 Å². The van der Waals surface area contributed by atoms with E-state index in [1.165, 1.54) is 25.1 Å². The molecule has 140 valence electrons. The first-order valence-electron chi connectivity index (χ1n) is 8.58. The van der Waals surface area contributed by atoms with Gasteiger partial charge in [0.05, 0.1) is 23.7 Å². The van der Waals surface area contributed by atoms with Crippen LogP contribution in [0.3, 0.4) is 0 Å². The Morgan fingerprint density at radius 3 is 2.65 bits per heavy atom. The van der Waals surface area contributed by atoms with Crippen LogP contribution in [-0.2, 0) is 14.3 Å². The number of esters is 1. The Balaban J connectivity index is 1.72. The normalized spacial score (nSPS) is 18.1. The number of rotatable bonds is 6. The maximum atomic E-state index is 12.3. The summed E-state index contributed by atoms with van der Waals surface area (Å²) in [6.07, 6.45) is 0.907. The van der Waals surface area contributed by atoms with Crippen molar-refractivity contribution in [1.82, 2.24) is 5.32 Å². The average Bonchev–Trinajstić information content (AvgIpc) is 3.45. The second kappa shape index (κ2) is 7.69. The van der Waals surface area contributed by atoms with E-state index >= 15 is 0 Å². The van der Waals surface area contributed by atoms with E-state index in [1.807, 2.05) is 4.90 Å². The Morgan fingerprint density at radius 2 is 2.04 bits per heavy atom. The third-order valence-corrected chi connectivity index (χ3v) is 4.34. The zero-order chi connectivity index (χ0) is 18.7. The van der Waals surface area contributed by atoms with Gasteiger partial charge in [-0.1, -0.05) is 0 Å². The highest BCUT2D eigenvalue weighted by Crippen LogP contribution is 2.30. The van der Waals surface area contributed by atoms with E-state index in [0.29, 0.717) is 32.0 Å². The number of carbonyl (C=O) groups is 2. The van der Waals surface area contributed by atoms with Crippen LogP contribution in [0.15, 0.2) is 18.2 Å². The van der Waals surface area contributed by atoms with Gasteiger partial charge in [0.2, 0.25) is 0 Å². The van der Waals surface area contributed by atoms with Crippen LogP contribution in [0.5, 0.6) is 0 Å². The molecule has 1 atom stereocenters. The predicted octanol–water partition coefficient (Wildman–Crippen LogP) is 1.26. The van der Waals surface area contributed by atoms with Gasteiger partial charge in [-0.2, -0.15) is 0 Å². The zero-order valence-corrected chi connectivity index (χ0v) is 14.5. The first-order chi connectivity index (χ1) is 12.5. The molecule has 1 heterocycles. The standard InChI is InChI=1S/C17H21N3O6/c1-11(16(21)18-13-3-4-13)26-17(22)12-2-5-14(15(10-12)20(23)24)19-6-8-25-9-7-19/h2,5,10-11,13H,3-4,6-9H2,1H3,(H,18,21)/t11-/m1/s1. The van der Waals surface area contributed by atoms with Gasteiger partial charge in [0.1, 0.15) is 5.69 Å². The molecular formula is C17H21N3O6. The van der Waals surface area contributed by atoms with E-state index in [9.17, 15) is 19.7 Å². The number of morpholine rings is 1. The van der Waals surface area contributed by atoms with Crippen LogP contribution < -0.4 is 10.2 Å². The highest BCUT2D eigenvalue weighted by Gasteiger charge is 2.28. The smallest absolute Gasteiger partial charge is 0.339 e. The Kier molecular flexibility index (Phi) is 5.36. The van der Waals surface area contributed by atoms with Crippen molar-refractivity contribution < 1.29 is 24.0 Å². The number of nitro benzene ring substituents is 1. The highest BCUT2D eigenvalue weighted by molar-refractivity contribution is 5.93.